The van der Waals surface area contributed by atoms with Gasteiger partial charge in [-0.3, -0.25) is 0 Å². The Hall–Kier alpha value is -0.590. The van der Waals surface area contributed by atoms with Crippen LogP contribution in [0.1, 0.15) is 5.56 Å². The van der Waals surface area contributed by atoms with Crippen molar-refractivity contribution in [1.29, 1.82) is 0 Å². The largest absolute Gasteiger partial charge is 0.497 e. The van der Waals surface area contributed by atoms with E-state index in [-0.39, 0.29) is 0 Å². The van der Waals surface area contributed by atoms with E-state index in [0.717, 1.165) is 11.3 Å². The third-order valence-corrected chi connectivity index (χ3v) is 2.43. The fourth-order valence-electron chi connectivity index (χ4n) is 1.16. The van der Waals surface area contributed by atoms with Crippen molar-refractivity contribution in [3.63, 3.8) is 0 Å². The predicted octanol–water partition coefficient (Wildman–Crippen LogP) is 2.52. The Labute approximate surface area is 109 Å². The lowest BCUT2D eigenvalue weighted by atomic mass is 10.2. The molecule has 0 fully saturated rings. The molecule has 4 heteroatoms. The molecule has 1 aromatic rings. The lowest BCUT2D eigenvalue weighted by Crippen LogP contribution is -2.11. The normalized spacial score (nSPS) is 12.9. The number of aliphatic hydroxyl groups excluding tert-OH is 1. The van der Waals surface area contributed by atoms with Crippen molar-refractivity contribution in [2.75, 3.05) is 13.7 Å². The smallest absolute Gasteiger partial charge is 0.118 e. The van der Waals surface area contributed by atoms with Gasteiger partial charge < -0.3 is 14.6 Å². The minimum Gasteiger partial charge on any atom is -0.497 e. The number of methoxy groups -OCH3 is 1. The van der Waals surface area contributed by atoms with Gasteiger partial charge in [-0.15, -0.1) is 0 Å². The second-order valence-electron chi connectivity index (χ2n) is 3.25. The number of ether oxygens (including phenoxy) is 2. The number of hydrogen-bond acceptors (Lipinski definition) is 3. The fourth-order valence-corrected chi connectivity index (χ4v) is 1.64. The van der Waals surface area contributed by atoms with Crippen LogP contribution >= 0.6 is 22.6 Å². The average molecular weight is 334 g/mol. The molecule has 0 saturated carbocycles. The van der Waals surface area contributed by atoms with Crippen LogP contribution in [0.3, 0.4) is 0 Å². The Morgan fingerprint density at radius 1 is 1.38 bits per heavy atom. The zero-order valence-electron chi connectivity index (χ0n) is 9.10. The van der Waals surface area contributed by atoms with Crippen LogP contribution in [0.2, 0.25) is 0 Å². The molecule has 1 aromatic carbocycles. The van der Waals surface area contributed by atoms with Crippen molar-refractivity contribution in [1.82, 2.24) is 0 Å². The van der Waals surface area contributed by atoms with E-state index in [1.54, 1.807) is 17.3 Å². The summed E-state index contributed by atoms with van der Waals surface area (Å²) in [7, 11) is 1.64. The first-order chi connectivity index (χ1) is 7.76. The van der Waals surface area contributed by atoms with E-state index in [1.807, 2.05) is 24.3 Å². The Bertz CT molecular complexity index is 322. The fraction of sp³-hybridized carbons (Fsp3) is 0.333. The molecule has 0 saturated heterocycles. The van der Waals surface area contributed by atoms with Crippen LogP contribution in [0, 0.1) is 0 Å². The van der Waals surface area contributed by atoms with Crippen LogP contribution in [0.25, 0.3) is 0 Å². The third kappa shape index (κ3) is 4.96. The maximum absolute atomic E-state index is 9.37. The van der Waals surface area contributed by atoms with E-state index in [0.29, 0.717) is 13.2 Å². The standard InChI is InChI=1S/C12H15IO3/c1-15-12-4-2-10(3-5-12)8-16-9-11(14)6-7-13/h2-7,11,14H,8-9H2,1H3/b7-6+/t11-/m0/s1. The van der Waals surface area contributed by atoms with E-state index in [9.17, 15) is 5.11 Å². The summed E-state index contributed by atoms with van der Waals surface area (Å²) < 4.78 is 12.2. The maximum Gasteiger partial charge on any atom is 0.118 e. The van der Waals surface area contributed by atoms with Crippen LogP contribution in [-0.4, -0.2) is 24.9 Å². The molecule has 0 heterocycles. The SMILES string of the molecule is COc1ccc(COC[C@@H](O)/C=C/I)cc1. The highest BCUT2D eigenvalue weighted by atomic mass is 127. The van der Waals surface area contributed by atoms with Gasteiger partial charge in [-0.1, -0.05) is 34.7 Å². The summed E-state index contributed by atoms with van der Waals surface area (Å²) in [6.45, 7) is 0.807. The molecule has 3 nitrogen and oxygen atoms in total. The summed E-state index contributed by atoms with van der Waals surface area (Å²) in [6.07, 6.45) is 1.16. The highest BCUT2D eigenvalue weighted by Crippen LogP contribution is 2.11. The quantitative estimate of drug-likeness (QED) is 0.813. The molecule has 0 aliphatic carbocycles. The molecule has 16 heavy (non-hydrogen) atoms. The number of benzene rings is 1. The van der Waals surface area contributed by atoms with Gasteiger partial charge in [0, 0.05) is 0 Å². The molecule has 0 spiro atoms. The summed E-state index contributed by atoms with van der Waals surface area (Å²) in [5.74, 6) is 0.830. The highest BCUT2D eigenvalue weighted by molar-refractivity contribution is 14.1. The van der Waals surface area contributed by atoms with Crippen LogP contribution in [-0.2, 0) is 11.3 Å². The van der Waals surface area contributed by atoms with Crippen molar-refractivity contribution >= 4 is 22.6 Å². The van der Waals surface area contributed by atoms with Gasteiger partial charge in [0.25, 0.3) is 0 Å². The number of halogens is 1. The van der Waals surface area contributed by atoms with E-state index in [4.69, 9.17) is 9.47 Å². The summed E-state index contributed by atoms with van der Waals surface area (Å²) in [6, 6.07) is 7.67. The summed E-state index contributed by atoms with van der Waals surface area (Å²) in [5.41, 5.74) is 1.06. The van der Waals surface area contributed by atoms with Gasteiger partial charge in [0.15, 0.2) is 0 Å². The zero-order chi connectivity index (χ0) is 11.8. The molecular weight excluding hydrogens is 319 g/mol. The topological polar surface area (TPSA) is 38.7 Å². The Morgan fingerprint density at radius 3 is 2.62 bits per heavy atom. The molecule has 0 aliphatic heterocycles. The number of aliphatic hydroxyl groups is 1. The van der Waals surface area contributed by atoms with Gasteiger partial charge in [-0.2, -0.15) is 0 Å². The molecule has 0 aromatic heterocycles. The van der Waals surface area contributed by atoms with Crippen molar-refractivity contribution in [3.8, 4) is 5.75 Å². The lowest BCUT2D eigenvalue weighted by molar-refractivity contribution is 0.0505. The number of hydrogen-bond donors (Lipinski definition) is 1. The van der Waals surface area contributed by atoms with Gasteiger partial charge in [-0.25, -0.2) is 0 Å². The van der Waals surface area contributed by atoms with Crippen LogP contribution < -0.4 is 4.74 Å². The lowest BCUT2D eigenvalue weighted by Gasteiger charge is -2.07. The first kappa shape index (κ1) is 13.5. The summed E-state index contributed by atoms with van der Waals surface area (Å²) in [5, 5.41) is 9.37. The molecular formula is C12H15IO3. The van der Waals surface area contributed by atoms with Crippen LogP contribution in [0.5, 0.6) is 5.75 Å². The number of rotatable bonds is 6. The van der Waals surface area contributed by atoms with Gasteiger partial charge >= 0.3 is 0 Å². The Morgan fingerprint density at radius 2 is 2.06 bits per heavy atom. The molecule has 1 rings (SSSR count). The second-order valence-corrected chi connectivity index (χ2v) is 3.97. The van der Waals surface area contributed by atoms with Gasteiger partial charge in [0.05, 0.1) is 26.4 Å². The van der Waals surface area contributed by atoms with Crippen molar-refractivity contribution in [2.45, 2.75) is 12.7 Å². The second kappa shape index (κ2) is 7.65. The van der Waals surface area contributed by atoms with Gasteiger partial charge in [0.2, 0.25) is 0 Å². The zero-order valence-corrected chi connectivity index (χ0v) is 11.3. The molecule has 0 aliphatic rings. The van der Waals surface area contributed by atoms with Crippen molar-refractivity contribution < 1.29 is 14.6 Å². The average Bonchev–Trinajstić information content (AvgIpc) is 2.30. The maximum atomic E-state index is 9.37. The molecule has 1 atom stereocenters. The van der Waals surface area contributed by atoms with E-state index in [2.05, 4.69) is 22.6 Å². The van der Waals surface area contributed by atoms with Crippen molar-refractivity contribution in [2.24, 2.45) is 0 Å². The molecule has 0 amide bonds. The van der Waals surface area contributed by atoms with E-state index < -0.39 is 6.10 Å². The monoisotopic (exact) mass is 334 g/mol. The minimum atomic E-state index is -0.532. The Kier molecular flexibility index (Phi) is 6.44. The van der Waals surface area contributed by atoms with E-state index >= 15 is 0 Å². The summed E-state index contributed by atoms with van der Waals surface area (Å²) in [4.78, 5) is 0. The molecule has 1 N–H and O–H groups in total. The minimum absolute atomic E-state index is 0.311. The van der Waals surface area contributed by atoms with E-state index in [1.165, 1.54) is 0 Å². The molecule has 88 valence electrons. The van der Waals surface area contributed by atoms with Gasteiger partial charge in [-0.05, 0) is 27.9 Å². The first-order valence-electron chi connectivity index (χ1n) is 4.92. The molecule has 0 radical (unpaired) electrons. The molecule has 0 bridgehead atoms. The first-order valence-corrected chi connectivity index (χ1v) is 6.16. The van der Waals surface area contributed by atoms with Crippen LogP contribution in [0.15, 0.2) is 34.4 Å². The molecule has 0 unspecified atom stereocenters. The Balaban J connectivity index is 2.31. The highest BCUT2D eigenvalue weighted by Gasteiger charge is 1.99. The summed E-state index contributed by atoms with van der Waals surface area (Å²) >= 11 is 2.06. The van der Waals surface area contributed by atoms with Crippen molar-refractivity contribution in [3.05, 3.63) is 40.0 Å². The predicted molar refractivity (Wildman–Crippen MR) is 71.8 cm³/mol. The van der Waals surface area contributed by atoms with Crippen LogP contribution in [0.4, 0.5) is 0 Å². The third-order valence-electron chi connectivity index (χ3n) is 2.01. The van der Waals surface area contributed by atoms with Gasteiger partial charge in [0.1, 0.15) is 5.75 Å².